The Labute approximate surface area is 207 Å². The molecule has 6 nitrogen and oxygen atoms in total. The molecule has 0 aliphatic carbocycles. The molecule has 172 valence electrons. The zero-order valence-corrected chi connectivity index (χ0v) is 20.0. The number of carbonyl (C=O) groups excluding carboxylic acids is 1. The van der Waals surface area contributed by atoms with Gasteiger partial charge in [0.25, 0.3) is 5.91 Å². The summed E-state index contributed by atoms with van der Waals surface area (Å²) in [6.45, 7) is 0.123. The molecule has 0 atom stereocenters. The van der Waals surface area contributed by atoms with E-state index < -0.39 is 0 Å². The predicted octanol–water partition coefficient (Wildman–Crippen LogP) is 5.14. The van der Waals surface area contributed by atoms with Crippen LogP contribution < -0.4 is 14.9 Å². The Bertz CT molecular complexity index is 1190. The maximum Gasteiger partial charge on any atom is 0.277 e. The van der Waals surface area contributed by atoms with Crippen LogP contribution in [0, 0.1) is 11.3 Å². The number of hydrogen-bond donors (Lipinski definition) is 1. The van der Waals surface area contributed by atoms with E-state index in [4.69, 9.17) is 9.47 Å². The van der Waals surface area contributed by atoms with Crippen molar-refractivity contribution in [1.29, 1.82) is 5.26 Å². The van der Waals surface area contributed by atoms with Crippen LogP contribution in [0.4, 0.5) is 0 Å². The molecule has 3 aromatic rings. The number of benzene rings is 3. The molecule has 4 rings (SSSR count). The van der Waals surface area contributed by atoms with E-state index in [2.05, 4.69) is 16.6 Å². The highest BCUT2D eigenvalue weighted by Crippen LogP contribution is 2.45. The quantitative estimate of drug-likeness (QED) is 0.331. The van der Waals surface area contributed by atoms with E-state index in [1.807, 2.05) is 90.3 Å². The van der Waals surface area contributed by atoms with Gasteiger partial charge >= 0.3 is 0 Å². The van der Waals surface area contributed by atoms with Crippen molar-refractivity contribution < 1.29 is 14.3 Å². The number of carbonyl (C=O) groups is 1. The summed E-state index contributed by atoms with van der Waals surface area (Å²) in [5.74, 6) is 3.25. The molecule has 34 heavy (non-hydrogen) atoms. The highest BCUT2D eigenvalue weighted by atomic mass is 32.2. The largest absolute Gasteiger partial charge is 0.488 e. The van der Waals surface area contributed by atoms with Crippen LogP contribution in [-0.4, -0.2) is 30.2 Å². The molecular weight excluding hydrogens is 466 g/mol. The lowest BCUT2D eigenvalue weighted by molar-refractivity contribution is -0.123. The number of nitrogens with zero attached hydrogens (tertiary/aromatic N) is 2. The summed E-state index contributed by atoms with van der Waals surface area (Å²) in [4.78, 5) is 12.1. The Morgan fingerprint density at radius 2 is 1.76 bits per heavy atom. The Morgan fingerprint density at radius 1 is 1.03 bits per heavy atom. The predicted molar refractivity (Wildman–Crippen MR) is 137 cm³/mol. The molecule has 8 heteroatoms. The SMILES string of the molecule is N#Cc1ccccc1COc1ccccc1/C=N\NC(=O)COc1ccc(C2SCCS2)cc1. The normalized spacial score (nSPS) is 13.5. The second-order valence-corrected chi connectivity index (χ2v) is 10.0. The molecule has 1 N–H and O–H groups in total. The fraction of sp³-hybridized carbons (Fsp3) is 0.192. The van der Waals surface area contributed by atoms with Crippen LogP contribution in [0.1, 0.15) is 26.8 Å². The average molecular weight is 490 g/mol. The maximum absolute atomic E-state index is 12.1. The molecule has 0 bridgehead atoms. The monoisotopic (exact) mass is 489 g/mol. The molecule has 1 heterocycles. The van der Waals surface area contributed by atoms with Crippen molar-refractivity contribution in [2.24, 2.45) is 5.10 Å². The number of hydrogen-bond acceptors (Lipinski definition) is 7. The number of thioether (sulfide) groups is 2. The first-order valence-electron chi connectivity index (χ1n) is 10.7. The Kier molecular flexibility index (Phi) is 8.49. The zero-order chi connectivity index (χ0) is 23.6. The van der Waals surface area contributed by atoms with Crippen LogP contribution in [-0.2, 0) is 11.4 Å². The Balaban J connectivity index is 1.27. The third-order valence-electron chi connectivity index (χ3n) is 4.98. The molecule has 0 spiro atoms. The summed E-state index contributed by atoms with van der Waals surface area (Å²) in [7, 11) is 0. The van der Waals surface area contributed by atoms with E-state index in [0.29, 0.717) is 27.2 Å². The van der Waals surface area contributed by atoms with Gasteiger partial charge in [0.05, 0.1) is 22.4 Å². The lowest BCUT2D eigenvalue weighted by atomic mass is 10.1. The Morgan fingerprint density at radius 3 is 2.56 bits per heavy atom. The Hall–Kier alpha value is -3.41. The minimum absolute atomic E-state index is 0.132. The summed E-state index contributed by atoms with van der Waals surface area (Å²) in [6, 6.07) is 24.7. The average Bonchev–Trinajstić information content (AvgIpc) is 3.42. The number of para-hydroxylation sites is 1. The summed E-state index contributed by atoms with van der Waals surface area (Å²) >= 11 is 3.90. The highest BCUT2D eigenvalue weighted by Gasteiger charge is 2.18. The lowest BCUT2D eigenvalue weighted by Crippen LogP contribution is -2.24. The van der Waals surface area contributed by atoms with Gasteiger partial charge in [0.15, 0.2) is 6.61 Å². The first kappa shape index (κ1) is 23.7. The van der Waals surface area contributed by atoms with Crippen LogP contribution in [0.2, 0.25) is 0 Å². The molecule has 1 aliphatic heterocycles. The van der Waals surface area contributed by atoms with Crippen molar-refractivity contribution in [2.75, 3.05) is 18.1 Å². The summed E-state index contributed by atoms with van der Waals surface area (Å²) < 4.78 is 11.9. The van der Waals surface area contributed by atoms with E-state index in [9.17, 15) is 10.1 Å². The van der Waals surface area contributed by atoms with E-state index in [1.165, 1.54) is 23.3 Å². The number of nitrogens with one attached hydrogen (secondary N) is 1. The first-order valence-corrected chi connectivity index (χ1v) is 12.8. The van der Waals surface area contributed by atoms with Crippen molar-refractivity contribution in [3.8, 4) is 17.6 Å². The van der Waals surface area contributed by atoms with Gasteiger partial charge in [-0.3, -0.25) is 4.79 Å². The van der Waals surface area contributed by atoms with E-state index >= 15 is 0 Å². The second kappa shape index (κ2) is 12.2. The minimum atomic E-state index is -0.358. The van der Waals surface area contributed by atoms with Gasteiger partial charge in [-0.2, -0.15) is 10.4 Å². The summed E-state index contributed by atoms with van der Waals surface area (Å²) in [5.41, 5.74) is 5.83. The van der Waals surface area contributed by atoms with Gasteiger partial charge in [-0.05, 0) is 35.9 Å². The first-order chi connectivity index (χ1) is 16.7. The molecule has 1 fully saturated rings. The van der Waals surface area contributed by atoms with Gasteiger partial charge in [0.2, 0.25) is 0 Å². The van der Waals surface area contributed by atoms with Gasteiger partial charge in [0, 0.05) is 22.6 Å². The molecule has 1 saturated heterocycles. The zero-order valence-electron chi connectivity index (χ0n) is 18.3. The standard InChI is InChI=1S/C26H23N3O3S2/c27-15-20-5-1-2-7-22(20)17-32-24-8-4-3-6-21(24)16-28-29-25(30)18-31-23-11-9-19(10-12-23)26-33-13-14-34-26/h1-12,16,26H,13-14,17-18H2,(H,29,30)/b28-16-. The summed E-state index contributed by atoms with van der Waals surface area (Å²) in [5, 5.41) is 13.3. The third-order valence-corrected chi connectivity index (χ3v) is 8.08. The number of hydrazone groups is 1. The number of rotatable bonds is 9. The van der Waals surface area contributed by atoms with Gasteiger partial charge in [-0.15, -0.1) is 23.5 Å². The van der Waals surface area contributed by atoms with Crippen LogP contribution in [0.25, 0.3) is 0 Å². The van der Waals surface area contributed by atoms with Gasteiger partial charge in [-0.1, -0.05) is 42.5 Å². The van der Waals surface area contributed by atoms with Crippen molar-refractivity contribution in [3.05, 3.63) is 95.1 Å². The minimum Gasteiger partial charge on any atom is -0.488 e. The number of nitriles is 1. The van der Waals surface area contributed by atoms with Crippen molar-refractivity contribution in [2.45, 2.75) is 11.2 Å². The molecule has 1 amide bonds. The van der Waals surface area contributed by atoms with Crippen molar-refractivity contribution in [3.63, 3.8) is 0 Å². The van der Waals surface area contributed by atoms with Gasteiger partial charge in [0.1, 0.15) is 18.1 Å². The van der Waals surface area contributed by atoms with E-state index in [-0.39, 0.29) is 19.1 Å². The van der Waals surface area contributed by atoms with Gasteiger partial charge in [-0.25, -0.2) is 5.43 Å². The molecule has 0 saturated carbocycles. The van der Waals surface area contributed by atoms with Gasteiger partial charge < -0.3 is 9.47 Å². The fourth-order valence-electron chi connectivity index (χ4n) is 3.26. The molecular formula is C26H23N3O3S2. The second-order valence-electron chi connectivity index (χ2n) is 7.32. The smallest absolute Gasteiger partial charge is 0.277 e. The van der Waals surface area contributed by atoms with Crippen LogP contribution in [0.5, 0.6) is 11.5 Å². The summed E-state index contributed by atoms with van der Waals surface area (Å²) in [6.07, 6.45) is 1.52. The molecule has 0 radical (unpaired) electrons. The molecule has 0 unspecified atom stereocenters. The molecule has 1 aliphatic rings. The third kappa shape index (κ3) is 6.56. The van der Waals surface area contributed by atoms with Crippen LogP contribution in [0.15, 0.2) is 77.9 Å². The highest BCUT2D eigenvalue weighted by molar-refractivity contribution is 8.19. The molecule has 0 aromatic heterocycles. The van der Waals surface area contributed by atoms with Crippen molar-refractivity contribution in [1.82, 2.24) is 5.43 Å². The van der Waals surface area contributed by atoms with E-state index in [0.717, 1.165) is 5.56 Å². The number of ether oxygens (including phenoxy) is 2. The lowest BCUT2D eigenvalue weighted by Gasteiger charge is -2.10. The van der Waals surface area contributed by atoms with Crippen molar-refractivity contribution >= 4 is 35.6 Å². The van der Waals surface area contributed by atoms with Crippen LogP contribution in [0.3, 0.4) is 0 Å². The fourth-order valence-corrected chi connectivity index (χ4v) is 6.12. The van der Waals surface area contributed by atoms with Crippen LogP contribution >= 0.6 is 23.5 Å². The topological polar surface area (TPSA) is 83.7 Å². The molecule has 3 aromatic carbocycles. The maximum atomic E-state index is 12.1. The number of amides is 1. The van der Waals surface area contributed by atoms with E-state index in [1.54, 1.807) is 6.07 Å².